The molecule has 0 spiro atoms. The summed E-state index contributed by atoms with van der Waals surface area (Å²) >= 11 is 1.04. The number of ether oxygens (including phenoxy) is 1. The van der Waals surface area contributed by atoms with Crippen LogP contribution in [0.1, 0.15) is 22.8 Å². The molecule has 3 N–H and O–H groups in total. The number of halogens is 3. The summed E-state index contributed by atoms with van der Waals surface area (Å²) in [6.07, 6.45) is -6.09. The first-order valence-electron chi connectivity index (χ1n) is 8.44. The lowest BCUT2D eigenvalue weighted by Gasteiger charge is -2.15. The molecular formula is C19H18F3NO4S. The number of carbonyl (C=O) groups excluding carboxylic acids is 1. The van der Waals surface area contributed by atoms with Gasteiger partial charge in [0.1, 0.15) is 24.7 Å². The number of thioether (sulfide) groups is 1. The zero-order valence-corrected chi connectivity index (χ0v) is 15.3. The van der Waals surface area contributed by atoms with Gasteiger partial charge in [-0.1, -0.05) is 36.0 Å². The molecule has 3 rings (SSSR count). The van der Waals surface area contributed by atoms with Gasteiger partial charge in [-0.25, -0.2) is 0 Å². The molecule has 1 aliphatic rings. The van der Waals surface area contributed by atoms with Crippen molar-refractivity contribution in [2.24, 2.45) is 0 Å². The molecule has 0 radical (unpaired) electrons. The fourth-order valence-corrected chi connectivity index (χ4v) is 3.69. The van der Waals surface area contributed by atoms with Gasteiger partial charge in [0.2, 0.25) is 0 Å². The number of alkyl halides is 3. The van der Waals surface area contributed by atoms with E-state index >= 15 is 0 Å². The van der Waals surface area contributed by atoms with E-state index in [1.807, 2.05) is 0 Å². The highest BCUT2D eigenvalue weighted by atomic mass is 32.2. The summed E-state index contributed by atoms with van der Waals surface area (Å²) in [6.45, 7) is -0.198. The van der Waals surface area contributed by atoms with E-state index in [0.717, 1.165) is 29.5 Å². The Morgan fingerprint density at radius 3 is 2.50 bits per heavy atom. The van der Waals surface area contributed by atoms with Crippen LogP contribution in [0.2, 0.25) is 0 Å². The molecule has 0 aliphatic carbocycles. The van der Waals surface area contributed by atoms with Crippen molar-refractivity contribution >= 4 is 17.0 Å². The molecule has 28 heavy (non-hydrogen) atoms. The quantitative estimate of drug-likeness (QED) is 0.676. The molecule has 1 saturated heterocycles. The maximum atomic E-state index is 12.8. The molecule has 1 heterocycles. The van der Waals surface area contributed by atoms with Crippen molar-refractivity contribution in [3.05, 3.63) is 65.2 Å². The van der Waals surface area contributed by atoms with Crippen LogP contribution in [0.25, 0.3) is 0 Å². The van der Waals surface area contributed by atoms with Crippen LogP contribution >= 0.6 is 11.8 Å². The van der Waals surface area contributed by atoms with Gasteiger partial charge in [0.05, 0.1) is 10.8 Å². The molecule has 0 bridgehead atoms. The summed E-state index contributed by atoms with van der Waals surface area (Å²) in [6, 6.07) is 11.3. The third-order valence-electron chi connectivity index (χ3n) is 4.24. The maximum Gasteiger partial charge on any atom is 0.416 e. The summed E-state index contributed by atoms with van der Waals surface area (Å²) in [7, 11) is 0. The van der Waals surface area contributed by atoms with E-state index in [1.54, 1.807) is 24.3 Å². The first-order chi connectivity index (χ1) is 13.2. The number of aliphatic hydroxyl groups excluding tert-OH is 2. The Morgan fingerprint density at radius 2 is 1.89 bits per heavy atom. The van der Waals surface area contributed by atoms with Gasteiger partial charge in [-0.3, -0.25) is 4.79 Å². The minimum absolute atomic E-state index is 0.121. The van der Waals surface area contributed by atoms with Crippen molar-refractivity contribution in [1.82, 2.24) is 5.32 Å². The average Bonchev–Trinajstić information content (AvgIpc) is 2.97. The van der Waals surface area contributed by atoms with Crippen LogP contribution in [0.15, 0.2) is 48.5 Å². The van der Waals surface area contributed by atoms with Gasteiger partial charge in [-0.05, 0) is 41.8 Å². The van der Waals surface area contributed by atoms with Gasteiger partial charge in [0.25, 0.3) is 5.24 Å². The van der Waals surface area contributed by atoms with Crippen molar-refractivity contribution < 1.29 is 32.9 Å². The van der Waals surface area contributed by atoms with Crippen LogP contribution in [-0.4, -0.2) is 33.5 Å². The molecule has 5 nitrogen and oxygen atoms in total. The van der Waals surface area contributed by atoms with Crippen molar-refractivity contribution in [3.63, 3.8) is 0 Å². The summed E-state index contributed by atoms with van der Waals surface area (Å²) < 4.78 is 43.7. The fourth-order valence-electron chi connectivity index (χ4n) is 2.75. The number of hydrogen-bond acceptors (Lipinski definition) is 5. The largest absolute Gasteiger partial charge is 0.491 e. The Bertz CT molecular complexity index is 829. The second-order valence-electron chi connectivity index (χ2n) is 6.33. The van der Waals surface area contributed by atoms with E-state index < -0.39 is 24.1 Å². The van der Waals surface area contributed by atoms with E-state index in [-0.39, 0.29) is 22.7 Å². The van der Waals surface area contributed by atoms with Crippen LogP contribution in [0.3, 0.4) is 0 Å². The summed E-state index contributed by atoms with van der Waals surface area (Å²) in [5.41, 5.74) is 0.183. The predicted molar refractivity (Wildman–Crippen MR) is 98.0 cm³/mol. The average molecular weight is 413 g/mol. The highest BCUT2D eigenvalue weighted by Crippen LogP contribution is 2.31. The molecular weight excluding hydrogens is 395 g/mol. The molecule has 1 fully saturated rings. The van der Waals surface area contributed by atoms with E-state index in [0.29, 0.717) is 12.2 Å². The van der Waals surface area contributed by atoms with Gasteiger partial charge < -0.3 is 20.3 Å². The van der Waals surface area contributed by atoms with E-state index in [1.165, 1.54) is 12.1 Å². The number of rotatable bonds is 6. The number of nitrogens with one attached hydrogen (secondary N) is 1. The zero-order chi connectivity index (χ0) is 20.3. The Labute approximate surface area is 163 Å². The molecule has 9 heteroatoms. The smallest absolute Gasteiger partial charge is 0.416 e. The van der Waals surface area contributed by atoms with Crippen molar-refractivity contribution in [3.8, 4) is 5.75 Å². The zero-order valence-electron chi connectivity index (χ0n) is 14.5. The second kappa shape index (κ2) is 8.42. The van der Waals surface area contributed by atoms with Gasteiger partial charge in [0.15, 0.2) is 0 Å². The van der Waals surface area contributed by atoms with Crippen molar-refractivity contribution in [2.75, 3.05) is 6.61 Å². The van der Waals surface area contributed by atoms with Gasteiger partial charge in [0, 0.05) is 0 Å². The number of hydrogen-bond donors (Lipinski definition) is 3. The molecule has 0 saturated carbocycles. The lowest BCUT2D eigenvalue weighted by molar-refractivity contribution is -0.137. The van der Waals surface area contributed by atoms with Crippen molar-refractivity contribution in [1.29, 1.82) is 0 Å². The number of carbonyl (C=O) groups is 1. The molecule has 2 aromatic carbocycles. The van der Waals surface area contributed by atoms with Crippen molar-refractivity contribution in [2.45, 2.75) is 30.2 Å². The molecule has 3 atom stereocenters. The SMILES string of the molecule is O=C1NC(O)C(Cc2ccc(OC[C@H](O)c3cccc(C(F)(F)F)c3)cc2)S1. The van der Waals surface area contributed by atoms with Crippen LogP contribution in [0.4, 0.5) is 18.0 Å². The Hall–Kier alpha value is -2.23. The summed E-state index contributed by atoms with van der Waals surface area (Å²) in [4.78, 5) is 11.2. The number of amides is 1. The monoisotopic (exact) mass is 413 g/mol. The predicted octanol–water partition coefficient (Wildman–Crippen LogP) is 3.50. The van der Waals surface area contributed by atoms with Crippen LogP contribution in [0.5, 0.6) is 5.75 Å². The topological polar surface area (TPSA) is 78.8 Å². The van der Waals surface area contributed by atoms with Gasteiger partial charge >= 0.3 is 6.18 Å². The minimum atomic E-state index is -4.47. The first-order valence-corrected chi connectivity index (χ1v) is 9.32. The Morgan fingerprint density at radius 1 is 1.18 bits per heavy atom. The second-order valence-corrected chi connectivity index (χ2v) is 7.54. The normalized spacial score (nSPS) is 20.7. The Balaban J connectivity index is 1.55. The molecule has 150 valence electrons. The highest BCUT2D eigenvalue weighted by Gasteiger charge is 2.32. The summed E-state index contributed by atoms with van der Waals surface area (Å²) in [5, 5.41) is 21.7. The van der Waals surface area contributed by atoms with E-state index in [9.17, 15) is 28.2 Å². The minimum Gasteiger partial charge on any atom is -0.491 e. The highest BCUT2D eigenvalue weighted by molar-refractivity contribution is 8.14. The molecule has 0 aromatic heterocycles. The van der Waals surface area contributed by atoms with E-state index in [2.05, 4.69) is 5.32 Å². The Kier molecular flexibility index (Phi) is 6.17. The van der Waals surface area contributed by atoms with Gasteiger partial charge in [-0.2, -0.15) is 13.2 Å². The molecule has 2 unspecified atom stereocenters. The van der Waals surface area contributed by atoms with Crippen LogP contribution in [-0.2, 0) is 12.6 Å². The fraction of sp³-hybridized carbons (Fsp3) is 0.316. The lowest BCUT2D eigenvalue weighted by atomic mass is 10.1. The standard InChI is InChI=1S/C19H18F3NO4S/c20-19(21,22)13-3-1-2-12(9-13)15(24)10-27-14-6-4-11(5-7-14)8-16-17(25)23-18(26)28-16/h1-7,9,15-17,24-25H,8,10H2,(H,23,26)/t15-,16?,17?/m0/s1. The first kappa shape index (κ1) is 20.5. The van der Waals surface area contributed by atoms with Crippen LogP contribution < -0.4 is 10.1 Å². The molecule has 2 aromatic rings. The van der Waals surface area contributed by atoms with Crippen LogP contribution in [0, 0.1) is 0 Å². The third kappa shape index (κ3) is 5.18. The molecule has 1 amide bonds. The van der Waals surface area contributed by atoms with E-state index in [4.69, 9.17) is 4.74 Å². The molecule has 1 aliphatic heterocycles. The third-order valence-corrected chi connectivity index (χ3v) is 5.30. The van der Waals surface area contributed by atoms with Gasteiger partial charge in [-0.15, -0.1) is 0 Å². The number of benzene rings is 2. The lowest BCUT2D eigenvalue weighted by Crippen LogP contribution is -2.31. The number of aliphatic hydroxyl groups is 2. The summed E-state index contributed by atoms with van der Waals surface area (Å²) in [5.74, 6) is 0.448. The maximum absolute atomic E-state index is 12.8.